The van der Waals surface area contributed by atoms with E-state index in [1.54, 1.807) is 0 Å². The number of furan rings is 1. The zero-order valence-electron chi connectivity index (χ0n) is 13.1. The highest BCUT2D eigenvalue weighted by Gasteiger charge is 2.16. The zero-order valence-corrected chi connectivity index (χ0v) is 13.1. The monoisotopic (exact) mass is 279 g/mol. The third-order valence-corrected chi connectivity index (χ3v) is 3.89. The average molecular weight is 279 g/mol. The van der Waals surface area contributed by atoms with Crippen LogP contribution in [0.5, 0.6) is 0 Å². The Hall–Kier alpha value is -2.22. The standard InChI is InChI=1S/C19H21NO/c1-5-8-16(20(3)4)18-13(2)11-12-15-14-9-6-7-10-17(14)21-19(15)18/h6-12H,5H2,1-4H3/b16-8-. The average Bonchev–Trinajstić information content (AvgIpc) is 2.83. The highest BCUT2D eigenvalue weighted by atomic mass is 16.3. The molecular formula is C19H21NO. The predicted octanol–water partition coefficient (Wildman–Crippen LogP) is 5.21. The van der Waals surface area contributed by atoms with Crippen molar-refractivity contribution in [1.29, 1.82) is 0 Å². The molecule has 3 rings (SSSR count). The van der Waals surface area contributed by atoms with Crippen molar-refractivity contribution < 1.29 is 4.42 Å². The number of allylic oxidation sites excluding steroid dienone is 1. The molecule has 0 fully saturated rings. The lowest BCUT2D eigenvalue weighted by molar-refractivity contribution is 0.586. The molecule has 2 nitrogen and oxygen atoms in total. The second kappa shape index (κ2) is 5.28. The molecule has 2 heteroatoms. The van der Waals surface area contributed by atoms with Gasteiger partial charge in [0.25, 0.3) is 0 Å². The molecule has 0 aliphatic heterocycles. The molecule has 0 saturated heterocycles. The fraction of sp³-hybridized carbons (Fsp3) is 0.263. The molecule has 0 atom stereocenters. The summed E-state index contributed by atoms with van der Waals surface area (Å²) < 4.78 is 6.17. The van der Waals surface area contributed by atoms with Crippen molar-refractivity contribution in [2.75, 3.05) is 14.1 Å². The second-order valence-electron chi connectivity index (χ2n) is 5.62. The molecule has 1 heterocycles. The number of benzene rings is 2. The van der Waals surface area contributed by atoms with Crippen LogP contribution in [-0.2, 0) is 0 Å². The van der Waals surface area contributed by atoms with Crippen LogP contribution in [0.1, 0.15) is 24.5 Å². The summed E-state index contributed by atoms with van der Waals surface area (Å²) in [6.45, 7) is 4.31. The number of hydrogen-bond donors (Lipinski definition) is 0. The van der Waals surface area contributed by atoms with Gasteiger partial charge in [-0.3, -0.25) is 0 Å². The van der Waals surface area contributed by atoms with Gasteiger partial charge < -0.3 is 9.32 Å². The van der Waals surface area contributed by atoms with Gasteiger partial charge in [-0.1, -0.05) is 43.3 Å². The lowest BCUT2D eigenvalue weighted by atomic mass is 10.0. The molecule has 2 aromatic carbocycles. The first-order valence-corrected chi connectivity index (χ1v) is 7.42. The normalized spacial score (nSPS) is 12.3. The fourth-order valence-corrected chi connectivity index (χ4v) is 2.91. The first kappa shape index (κ1) is 13.7. The van der Waals surface area contributed by atoms with Gasteiger partial charge in [-0.15, -0.1) is 0 Å². The summed E-state index contributed by atoms with van der Waals surface area (Å²) in [5.41, 5.74) is 5.61. The van der Waals surface area contributed by atoms with Gasteiger partial charge in [0.1, 0.15) is 11.2 Å². The lowest BCUT2D eigenvalue weighted by Gasteiger charge is -2.19. The summed E-state index contributed by atoms with van der Waals surface area (Å²) >= 11 is 0. The number of rotatable bonds is 3. The van der Waals surface area contributed by atoms with Gasteiger partial charge in [0.15, 0.2) is 0 Å². The van der Waals surface area contributed by atoms with Gasteiger partial charge in [0, 0.05) is 36.1 Å². The van der Waals surface area contributed by atoms with E-state index in [1.165, 1.54) is 27.6 Å². The van der Waals surface area contributed by atoms with Crippen LogP contribution in [0.15, 0.2) is 46.9 Å². The maximum Gasteiger partial charge on any atom is 0.144 e. The number of aryl methyl sites for hydroxylation is 1. The molecule has 0 bridgehead atoms. The van der Waals surface area contributed by atoms with Gasteiger partial charge in [0.05, 0.1) is 0 Å². The third-order valence-electron chi connectivity index (χ3n) is 3.89. The van der Waals surface area contributed by atoms with E-state index in [4.69, 9.17) is 4.42 Å². The van der Waals surface area contributed by atoms with Gasteiger partial charge in [0.2, 0.25) is 0 Å². The third kappa shape index (κ3) is 2.21. The Labute approximate surface area is 125 Å². The quantitative estimate of drug-likeness (QED) is 0.654. The van der Waals surface area contributed by atoms with Crippen LogP contribution in [0.2, 0.25) is 0 Å². The van der Waals surface area contributed by atoms with E-state index in [0.29, 0.717) is 0 Å². The van der Waals surface area contributed by atoms with Crippen LogP contribution in [0.3, 0.4) is 0 Å². The fourth-order valence-electron chi connectivity index (χ4n) is 2.91. The summed E-state index contributed by atoms with van der Waals surface area (Å²) in [6, 6.07) is 12.6. The van der Waals surface area contributed by atoms with Crippen molar-refractivity contribution in [3.63, 3.8) is 0 Å². The maximum absolute atomic E-state index is 6.17. The molecule has 0 aliphatic carbocycles. The Balaban J connectivity index is 2.40. The predicted molar refractivity (Wildman–Crippen MR) is 90.4 cm³/mol. The van der Waals surface area contributed by atoms with Gasteiger partial charge in [-0.25, -0.2) is 0 Å². The van der Waals surface area contributed by atoms with Crippen molar-refractivity contribution in [2.24, 2.45) is 0 Å². The molecule has 0 aliphatic rings. The smallest absolute Gasteiger partial charge is 0.144 e. The van der Waals surface area contributed by atoms with Crippen LogP contribution >= 0.6 is 0 Å². The van der Waals surface area contributed by atoms with Crippen LogP contribution in [0, 0.1) is 6.92 Å². The first-order chi connectivity index (χ1) is 10.1. The Morgan fingerprint density at radius 2 is 1.86 bits per heavy atom. The second-order valence-corrected chi connectivity index (χ2v) is 5.62. The molecule has 1 aromatic heterocycles. The molecule has 0 N–H and O–H groups in total. The highest BCUT2D eigenvalue weighted by molar-refractivity contribution is 6.08. The van der Waals surface area contributed by atoms with E-state index in [-0.39, 0.29) is 0 Å². The van der Waals surface area contributed by atoms with Crippen LogP contribution < -0.4 is 0 Å². The van der Waals surface area contributed by atoms with Gasteiger partial charge >= 0.3 is 0 Å². The van der Waals surface area contributed by atoms with Crippen LogP contribution in [-0.4, -0.2) is 19.0 Å². The minimum atomic E-state index is 0.953. The lowest BCUT2D eigenvalue weighted by Crippen LogP contribution is -2.11. The van der Waals surface area contributed by atoms with Crippen molar-refractivity contribution in [3.8, 4) is 0 Å². The molecule has 0 amide bonds. The summed E-state index contributed by atoms with van der Waals surface area (Å²) in [6.07, 6.45) is 3.26. The Kier molecular flexibility index (Phi) is 3.46. The van der Waals surface area contributed by atoms with E-state index in [2.05, 4.69) is 63.2 Å². The minimum absolute atomic E-state index is 0.953. The molecule has 0 saturated carbocycles. The molecule has 0 spiro atoms. The maximum atomic E-state index is 6.17. The van der Waals surface area contributed by atoms with E-state index in [0.717, 1.165) is 17.6 Å². The summed E-state index contributed by atoms with van der Waals surface area (Å²) in [5, 5.41) is 2.37. The van der Waals surface area contributed by atoms with E-state index in [1.807, 2.05) is 12.1 Å². The van der Waals surface area contributed by atoms with Crippen LogP contribution in [0.25, 0.3) is 27.6 Å². The molecule has 3 aromatic rings. The molecule has 21 heavy (non-hydrogen) atoms. The van der Waals surface area contributed by atoms with E-state index in [9.17, 15) is 0 Å². The Morgan fingerprint density at radius 1 is 1.10 bits per heavy atom. The number of para-hydroxylation sites is 1. The Bertz CT molecular complexity index is 824. The molecule has 108 valence electrons. The van der Waals surface area contributed by atoms with Crippen molar-refractivity contribution in [1.82, 2.24) is 4.90 Å². The highest BCUT2D eigenvalue weighted by Crippen LogP contribution is 2.36. The molecule has 0 unspecified atom stereocenters. The summed E-state index contributed by atoms with van der Waals surface area (Å²) in [7, 11) is 4.17. The van der Waals surface area contributed by atoms with Crippen molar-refractivity contribution >= 4 is 27.6 Å². The number of nitrogens with zero attached hydrogens (tertiary/aromatic N) is 1. The zero-order chi connectivity index (χ0) is 15.0. The molecule has 0 radical (unpaired) electrons. The number of fused-ring (bicyclic) bond motifs is 3. The van der Waals surface area contributed by atoms with Crippen molar-refractivity contribution in [2.45, 2.75) is 20.3 Å². The SMILES string of the molecule is CC/C=C(/c1c(C)ccc2c1oc1ccccc12)N(C)C. The number of hydrogen-bond acceptors (Lipinski definition) is 2. The molecular weight excluding hydrogens is 258 g/mol. The van der Waals surface area contributed by atoms with Crippen LogP contribution in [0.4, 0.5) is 0 Å². The summed E-state index contributed by atoms with van der Waals surface area (Å²) in [4.78, 5) is 2.17. The van der Waals surface area contributed by atoms with E-state index < -0.39 is 0 Å². The van der Waals surface area contributed by atoms with E-state index >= 15 is 0 Å². The van der Waals surface area contributed by atoms with Crippen molar-refractivity contribution in [3.05, 3.63) is 53.6 Å². The topological polar surface area (TPSA) is 16.4 Å². The summed E-state index contributed by atoms with van der Waals surface area (Å²) in [5.74, 6) is 0. The first-order valence-electron chi connectivity index (χ1n) is 7.42. The minimum Gasteiger partial charge on any atom is -0.455 e. The Morgan fingerprint density at radius 3 is 2.57 bits per heavy atom. The van der Waals surface area contributed by atoms with Gasteiger partial charge in [-0.05, 0) is 25.0 Å². The van der Waals surface area contributed by atoms with Gasteiger partial charge in [-0.2, -0.15) is 0 Å². The largest absolute Gasteiger partial charge is 0.455 e.